The fourth-order valence-corrected chi connectivity index (χ4v) is 3.53. The summed E-state index contributed by atoms with van der Waals surface area (Å²) in [6.07, 6.45) is 0. The van der Waals surface area contributed by atoms with Gasteiger partial charge in [-0.2, -0.15) is 0 Å². The normalized spacial score (nSPS) is 13.8. The number of rotatable bonds is 7. The second-order valence-corrected chi connectivity index (χ2v) is 7.78. The topological polar surface area (TPSA) is 69.6 Å². The summed E-state index contributed by atoms with van der Waals surface area (Å²) in [5, 5.41) is 3.26. The van der Waals surface area contributed by atoms with Crippen LogP contribution in [0.15, 0.2) is 53.5 Å². The van der Waals surface area contributed by atoms with Gasteiger partial charge in [-0.1, -0.05) is 24.3 Å². The molecule has 0 radical (unpaired) electrons. The van der Waals surface area contributed by atoms with Crippen molar-refractivity contribution in [3.8, 4) is 11.5 Å². The molecule has 1 aliphatic rings. The molecule has 3 rings (SSSR count). The molecule has 8 nitrogen and oxygen atoms in total. The molecule has 1 N–H and O–H groups in total. The largest absolute Gasteiger partial charge is 0.497 e. The van der Waals surface area contributed by atoms with Crippen molar-refractivity contribution in [2.24, 2.45) is 4.99 Å². The van der Waals surface area contributed by atoms with Crippen LogP contribution in [-0.4, -0.2) is 82.7 Å². The number of aliphatic imine (C=N–C) groups is 1. The molecule has 2 aromatic rings. The summed E-state index contributed by atoms with van der Waals surface area (Å²) in [5.74, 6) is 2.45. The molecule has 9 heteroatoms. The molecule has 1 amide bonds. The number of guanidine groups is 1. The smallest absolute Gasteiger partial charge is 0.241 e. The lowest BCUT2D eigenvalue weighted by atomic mass is 10.2. The summed E-state index contributed by atoms with van der Waals surface area (Å²) in [6.45, 7) is 4.00. The number of nitrogens with one attached hydrogen (secondary N) is 1. The molecule has 1 aliphatic heterocycles. The Labute approximate surface area is 213 Å². The van der Waals surface area contributed by atoms with E-state index in [1.165, 1.54) is 0 Å². The van der Waals surface area contributed by atoms with E-state index in [1.807, 2.05) is 42.5 Å². The van der Waals surface area contributed by atoms with Crippen molar-refractivity contribution in [2.45, 2.75) is 6.54 Å². The number of carbonyl (C=O) groups excluding carboxylic acids is 1. The Kier molecular flexibility index (Phi) is 10.6. The fourth-order valence-electron chi connectivity index (χ4n) is 3.53. The molecule has 0 aromatic heterocycles. The summed E-state index contributed by atoms with van der Waals surface area (Å²) in [4.78, 5) is 23.1. The highest BCUT2D eigenvalue weighted by molar-refractivity contribution is 14.0. The third-order valence-electron chi connectivity index (χ3n) is 5.47. The van der Waals surface area contributed by atoms with Crippen LogP contribution in [0.5, 0.6) is 11.5 Å². The number of amides is 1. The zero-order chi connectivity index (χ0) is 22.9. The molecular weight excluding hydrogens is 533 g/mol. The van der Waals surface area contributed by atoms with Gasteiger partial charge in [0.25, 0.3) is 0 Å². The summed E-state index contributed by atoms with van der Waals surface area (Å²) in [7, 11) is 6.86. The van der Waals surface area contributed by atoms with E-state index in [4.69, 9.17) is 14.5 Å². The van der Waals surface area contributed by atoms with Crippen LogP contribution in [-0.2, 0) is 11.3 Å². The number of methoxy groups -OCH3 is 2. The van der Waals surface area contributed by atoms with Crippen LogP contribution in [0.4, 0.5) is 5.69 Å². The highest BCUT2D eigenvalue weighted by Crippen LogP contribution is 2.28. The Bertz CT molecular complexity index is 913. The quantitative estimate of drug-likeness (QED) is 0.316. The van der Waals surface area contributed by atoms with Gasteiger partial charge in [0.2, 0.25) is 5.91 Å². The molecule has 0 aliphatic carbocycles. The Morgan fingerprint density at radius 3 is 2.27 bits per heavy atom. The average molecular weight is 567 g/mol. The van der Waals surface area contributed by atoms with Gasteiger partial charge >= 0.3 is 0 Å². The molecule has 0 spiro atoms. The molecule has 0 bridgehead atoms. The average Bonchev–Trinajstić information content (AvgIpc) is 2.84. The van der Waals surface area contributed by atoms with E-state index in [1.54, 1.807) is 33.2 Å². The van der Waals surface area contributed by atoms with Crippen molar-refractivity contribution in [2.75, 3.05) is 65.9 Å². The number of anilines is 1. The van der Waals surface area contributed by atoms with Crippen molar-refractivity contribution in [3.63, 3.8) is 0 Å². The molecule has 180 valence electrons. The van der Waals surface area contributed by atoms with E-state index in [2.05, 4.69) is 21.2 Å². The van der Waals surface area contributed by atoms with E-state index in [9.17, 15) is 4.79 Å². The number of piperazine rings is 1. The summed E-state index contributed by atoms with van der Waals surface area (Å²) < 4.78 is 10.7. The molecule has 0 atom stereocenters. The maximum absolute atomic E-state index is 12.1. The number of benzene rings is 2. The van der Waals surface area contributed by atoms with Crippen LogP contribution in [0.25, 0.3) is 0 Å². The Morgan fingerprint density at radius 1 is 1.00 bits per heavy atom. The standard InChI is InChI=1S/C24H33N5O3.HI/c1-27(2)23(30)18-26-24(25-17-19-9-11-20(31-3)12-10-19)29-15-13-28(14-16-29)21-7-5-6-8-22(21)32-4;/h5-12H,13-18H2,1-4H3,(H,25,26);1H. The van der Waals surface area contributed by atoms with Gasteiger partial charge in [0, 0.05) is 40.3 Å². The van der Waals surface area contributed by atoms with Gasteiger partial charge < -0.3 is 29.5 Å². The van der Waals surface area contributed by atoms with Crippen LogP contribution in [0.3, 0.4) is 0 Å². The predicted octanol–water partition coefficient (Wildman–Crippen LogP) is 2.68. The molecule has 33 heavy (non-hydrogen) atoms. The molecule has 0 saturated carbocycles. The van der Waals surface area contributed by atoms with Crippen molar-refractivity contribution < 1.29 is 14.3 Å². The lowest BCUT2D eigenvalue weighted by molar-refractivity contribution is -0.127. The van der Waals surface area contributed by atoms with Gasteiger partial charge in [0.05, 0.1) is 33.0 Å². The minimum absolute atomic E-state index is 0. The van der Waals surface area contributed by atoms with E-state index in [-0.39, 0.29) is 36.4 Å². The fraction of sp³-hybridized carbons (Fsp3) is 0.417. The Morgan fingerprint density at radius 2 is 1.67 bits per heavy atom. The van der Waals surface area contributed by atoms with Crippen LogP contribution in [0.1, 0.15) is 5.56 Å². The van der Waals surface area contributed by atoms with Crippen molar-refractivity contribution >= 4 is 41.5 Å². The highest BCUT2D eigenvalue weighted by Gasteiger charge is 2.22. The second-order valence-electron chi connectivity index (χ2n) is 7.78. The number of carbonyl (C=O) groups is 1. The molecule has 2 aromatic carbocycles. The number of hydrogen-bond donors (Lipinski definition) is 1. The van der Waals surface area contributed by atoms with E-state index in [0.717, 1.165) is 54.9 Å². The van der Waals surface area contributed by atoms with Crippen molar-refractivity contribution in [3.05, 3.63) is 54.1 Å². The predicted molar refractivity (Wildman–Crippen MR) is 143 cm³/mol. The number of nitrogens with zero attached hydrogens (tertiary/aromatic N) is 4. The van der Waals surface area contributed by atoms with E-state index in [0.29, 0.717) is 6.54 Å². The monoisotopic (exact) mass is 567 g/mol. The van der Waals surface area contributed by atoms with Gasteiger partial charge in [-0.25, -0.2) is 4.99 Å². The van der Waals surface area contributed by atoms with Gasteiger partial charge in [0.1, 0.15) is 11.5 Å². The van der Waals surface area contributed by atoms with Crippen LogP contribution >= 0.6 is 24.0 Å². The zero-order valence-electron chi connectivity index (χ0n) is 19.8. The number of hydrogen-bond acceptors (Lipinski definition) is 5. The summed E-state index contributed by atoms with van der Waals surface area (Å²) in [5.41, 5.74) is 2.18. The first-order valence-corrected chi connectivity index (χ1v) is 10.8. The SMILES string of the molecule is COc1ccc(CN=C(NCC(=O)N(C)C)N2CCN(c3ccccc3OC)CC2)cc1.I. The molecule has 0 unspecified atom stereocenters. The first-order valence-electron chi connectivity index (χ1n) is 10.8. The second kappa shape index (κ2) is 13.1. The first kappa shape index (κ1) is 26.6. The van der Waals surface area contributed by atoms with Crippen molar-refractivity contribution in [1.29, 1.82) is 0 Å². The minimum Gasteiger partial charge on any atom is -0.497 e. The molecule has 1 fully saturated rings. The third kappa shape index (κ3) is 7.41. The number of para-hydroxylation sites is 2. The van der Waals surface area contributed by atoms with Crippen molar-refractivity contribution in [1.82, 2.24) is 15.1 Å². The van der Waals surface area contributed by atoms with E-state index >= 15 is 0 Å². The lowest BCUT2D eigenvalue weighted by Crippen LogP contribution is -2.53. The minimum atomic E-state index is 0. The zero-order valence-corrected chi connectivity index (χ0v) is 22.1. The molecular formula is C24H34IN5O3. The maximum Gasteiger partial charge on any atom is 0.241 e. The first-order chi connectivity index (χ1) is 15.5. The Hall–Kier alpha value is -2.69. The van der Waals surface area contributed by atoms with Crippen LogP contribution in [0, 0.1) is 0 Å². The summed E-state index contributed by atoms with van der Waals surface area (Å²) >= 11 is 0. The van der Waals surface area contributed by atoms with Gasteiger partial charge in [0.15, 0.2) is 5.96 Å². The molecule has 1 saturated heterocycles. The van der Waals surface area contributed by atoms with Crippen LogP contribution < -0.4 is 19.7 Å². The maximum atomic E-state index is 12.1. The number of likely N-dealkylation sites (N-methyl/N-ethyl adjacent to an activating group) is 1. The number of halogens is 1. The van der Waals surface area contributed by atoms with Gasteiger partial charge in [-0.15, -0.1) is 24.0 Å². The highest BCUT2D eigenvalue weighted by atomic mass is 127. The third-order valence-corrected chi connectivity index (χ3v) is 5.47. The number of ether oxygens (including phenoxy) is 2. The summed E-state index contributed by atoms with van der Waals surface area (Å²) in [6, 6.07) is 15.9. The van der Waals surface area contributed by atoms with Gasteiger partial charge in [-0.05, 0) is 29.8 Å². The van der Waals surface area contributed by atoms with E-state index < -0.39 is 0 Å². The van der Waals surface area contributed by atoms with Crippen LogP contribution in [0.2, 0.25) is 0 Å². The van der Waals surface area contributed by atoms with Gasteiger partial charge in [-0.3, -0.25) is 4.79 Å². The molecule has 1 heterocycles. The lowest BCUT2D eigenvalue weighted by Gasteiger charge is -2.38. The Balaban J connectivity index is 0.00000385.